The minimum absolute atomic E-state index is 0.0153. The maximum absolute atomic E-state index is 13.1. The Balaban J connectivity index is 1.51. The van der Waals surface area contributed by atoms with Crippen LogP contribution in [-0.4, -0.2) is 56.5 Å². The Labute approximate surface area is 201 Å². The van der Waals surface area contributed by atoms with E-state index in [0.29, 0.717) is 29.9 Å². The molecule has 5 N–H and O–H groups in total. The molecule has 3 saturated carbocycles. The van der Waals surface area contributed by atoms with E-state index >= 15 is 0 Å². The highest BCUT2D eigenvalue weighted by Gasteiger charge is 2.83. The maximum Gasteiger partial charge on any atom is 0.323 e. The second-order valence-corrected chi connectivity index (χ2v) is 12.4. The SMILES string of the molecule is CC1=C[C@H]2[C@@]3(O)[C@H](C)C[C@]4(OC(=O)[C@@H](N)CC5CCC5)[C@H]([C@@H]3C=C(CO)C[C@]2(O)C1=O)C4(C)C. The van der Waals surface area contributed by atoms with Gasteiger partial charge in [-0.05, 0) is 42.7 Å². The molecule has 0 unspecified atom stereocenters. The predicted molar refractivity (Wildman–Crippen MR) is 125 cm³/mol. The number of rotatable bonds is 5. The molecule has 34 heavy (non-hydrogen) atoms. The minimum atomic E-state index is -1.78. The van der Waals surface area contributed by atoms with Crippen molar-refractivity contribution >= 4 is 11.8 Å². The van der Waals surface area contributed by atoms with E-state index in [1.165, 1.54) is 6.42 Å². The molecule has 8 atom stereocenters. The fraction of sp³-hybridized carbons (Fsp3) is 0.778. The highest BCUT2D eigenvalue weighted by atomic mass is 16.6. The first-order chi connectivity index (χ1) is 15.8. The number of aliphatic hydroxyl groups is 3. The van der Waals surface area contributed by atoms with Gasteiger partial charge in [0.1, 0.15) is 17.2 Å². The Morgan fingerprint density at radius 3 is 2.53 bits per heavy atom. The van der Waals surface area contributed by atoms with Crippen molar-refractivity contribution < 1.29 is 29.6 Å². The van der Waals surface area contributed by atoms with Crippen LogP contribution in [0.3, 0.4) is 0 Å². The monoisotopic (exact) mass is 473 g/mol. The Hall–Kier alpha value is -1.54. The Kier molecular flexibility index (Phi) is 5.32. The molecule has 7 heteroatoms. The van der Waals surface area contributed by atoms with Gasteiger partial charge in [0, 0.05) is 29.6 Å². The highest BCUT2D eigenvalue weighted by Crippen LogP contribution is 2.76. The van der Waals surface area contributed by atoms with Gasteiger partial charge in [0.2, 0.25) is 0 Å². The molecule has 0 aromatic rings. The van der Waals surface area contributed by atoms with E-state index in [4.69, 9.17) is 10.5 Å². The number of ether oxygens (including phenoxy) is 1. The first-order valence-electron chi connectivity index (χ1n) is 12.8. The molecule has 3 fully saturated rings. The Morgan fingerprint density at radius 1 is 1.26 bits per heavy atom. The van der Waals surface area contributed by atoms with Gasteiger partial charge in [-0.2, -0.15) is 0 Å². The number of nitrogens with two attached hydrogens (primary N) is 1. The molecule has 0 amide bonds. The number of Topliss-reactive ketones (excluding diaryl/α,β-unsaturated/α-hetero) is 1. The summed E-state index contributed by atoms with van der Waals surface area (Å²) in [4.78, 5) is 26.1. The molecule has 0 heterocycles. The summed E-state index contributed by atoms with van der Waals surface area (Å²) in [6, 6.07) is -0.659. The predicted octanol–water partition coefficient (Wildman–Crippen LogP) is 2.03. The standard InChI is InChI=1S/C27H39NO6/c1-14-8-20-25(32,22(14)30)12-17(13-29)9-18-21-24(3,4)26(21,11-15(2)27(18,20)33)34-23(31)19(28)10-16-6-5-7-16/h8-9,15-16,18-21,29,32-33H,5-7,10-13,28H2,1-4H3/t15-,18+,19+,20-,21-,25-,26+,27-/m1/s1. The number of ketones is 1. The molecular weight excluding hydrogens is 434 g/mol. The van der Waals surface area contributed by atoms with Crippen molar-refractivity contribution in [3.8, 4) is 0 Å². The lowest BCUT2D eigenvalue weighted by Gasteiger charge is -2.50. The van der Waals surface area contributed by atoms with Crippen LogP contribution < -0.4 is 5.73 Å². The molecular formula is C27H39NO6. The fourth-order valence-electron chi connectivity index (χ4n) is 8.04. The Morgan fingerprint density at radius 2 is 1.94 bits per heavy atom. The van der Waals surface area contributed by atoms with Gasteiger partial charge in [-0.25, -0.2) is 0 Å². The molecule has 5 aliphatic rings. The number of hydrogen-bond acceptors (Lipinski definition) is 7. The summed E-state index contributed by atoms with van der Waals surface area (Å²) >= 11 is 0. The van der Waals surface area contributed by atoms with E-state index in [-0.39, 0.29) is 30.8 Å². The van der Waals surface area contributed by atoms with Gasteiger partial charge in [-0.1, -0.05) is 52.2 Å². The van der Waals surface area contributed by atoms with Crippen LogP contribution in [0.15, 0.2) is 23.3 Å². The summed E-state index contributed by atoms with van der Waals surface area (Å²) in [7, 11) is 0. The molecule has 188 valence electrons. The lowest BCUT2D eigenvalue weighted by atomic mass is 9.60. The molecule has 0 radical (unpaired) electrons. The van der Waals surface area contributed by atoms with E-state index in [1.807, 2.05) is 26.8 Å². The number of carbonyl (C=O) groups is 2. The van der Waals surface area contributed by atoms with E-state index in [2.05, 4.69) is 0 Å². The zero-order valence-corrected chi connectivity index (χ0v) is 20.7. The summed E-state index contributed by atoms with van der Waals surface area (Å²) in [5.41, 5.74) is 2.81. The zero-order chi connectivity index (χ0) is 24.8. The summed E-state index contributed by atoms with van der Waals surface area (Å²) in [5, 5.41) is 34.0. The third-order valence-corrected chi connectivity index (χ3v) is 10.3. The molecule has 0 aliphatic heterocycles. The number of carbonyl (C=O) groups excluding carboxylic acids is 2. The van der Waals surface area contributed by atoms with Crippen LogP contribution in [0, 0.1) is 35.0 Å². The zero-order valence-electron chi connectivity index (χ0n) is 20.7. The van der Waals surface area contributed by atoms with Crippen LogP contribution in [0.5, 0.6) is 0 Å². The fourth-order valence-corrected chi connectivity index (χ4v) is 8.04. The van der Waals surface area contributed by atoms with E-state index < -0.39 is 45.9 Å². The lowest BCUT2D eigenvalue weighted by Crippen LogP contribution is -2.61. The highest BCUT2D eigenvalue weighted by molar-refractivity contribution is 6.04. The van der Waals surface area contributed by atoms with Gasteiger partial charge >= 0.3 is 5.97 Å². The maximum atomic E-state index is 13.1. The molecule has 5 aliphatic carbocycles. The van der Waals surface area contributed by atoms with Gasteiger partial charge in [-0.15, -0.1) is 0 Å². The molecule has 7 nitrogen and oxygen atoms in total. The minimum Gasteiger partial charge on any atom is -0.457 e. The van der Waals surface area contributed by atoms with Crippen LogP contribution in [0.2, 0.25) is 0 Å². The molecule has 0 saturated heterocycles. The van der Waals surface area contributed by atoms with Crippen molar-refractivity contribution in [3.05, 3.63) is 23.3 Å². The molecule has 0 spiro atoms. The van der Waals surface area contributed by atoms with Gasteiger partial charge in [0.15, 0.2) is 5.78 Å². The normalized spacial score (nSPS) is 45.6. The van der Waals surface area contributed by atoms with Gasteiger partial charge in [-0.3, -0.25) is 9.59 Å². The van der Waals surface area contributed by atoms with Crippen LogP contribution in [-0.2, 0) is 14.3 Å². The van der Waals surface area contributed by atoms with Crippen LogP contribution >= 0.6 is 0 Å². The second-order valence-electron chi connectivity index (χ2n) is 12.4. The number of fused-ring (bicyclic) bond motifs is 5. The summed E-state index contributed by atoms with van der Waals surface area (Å²) in [6.07, 6.45) is 8.01. The van der Waals surface area contributed by atoms with Crippen molar-refractivity contribution in [1.82, 2.24) is 0 Å². The lowest BCUT2D eigenvalue weighted by molar-refractivity contribution is -0.188. The number of esters is 1. The van der Waals surface area contributed by atoms with Crippen LogP contribution in [0.25, 0.3) is 0 Å². The summed E-state index contributed by atoms with van der Waals surface area (Å²) in [6.45, 7) is 7.36. The summed E-state index contributed by atoms with van der Waals surface area (Å²) in [5.74, 6) is -2.15. The largest absolute Gasteiger partial charge is 0.457 e. The van der Waals surface area contributed by atoms with Crippen molar-refractivity contribution in [1.29, 1.82) is 0 Å². The number of hydrogen-bond donors (Lipinski definition) is 4. The van der Waals surface area contributed by atoms with Crippen LogP contribution in [0.4, 0.5) is 0 Å². The molecule has 0 bridgehead atoms. The van der Waals surface area contributed by atoms with Crippen molar-refractivity contribution in [2.24, 2.45) is 40.7 Å². The third kappa shape index (κ3) is 2.96. The van der Waals surface area contributed by atoms with Gasteiger partial charge in [0.05, 0.1) is 12.2 Å². The number of aliphatic hydroxyl groups excluding tert-OH is 1. The van der Waals surface area contributed by atoms with E-state index in [9.17, 15) is 24.9 Å². The topological polar surface area (TPSA) is 130 Å². The second kappa shape index (κ2) is 7.48. The molecule has 0 aromatic heterocycles. The molecule has 5 rings (SSSR count). The van der Waals surface area contributed by atoms with E-state index in [1.54, 1.807) is 13.0 Å². The summed E-state index contributed by atoms with van der Waals surface area (Å²) < 4.78 is 6.24. The van der Waals surface area contributed by atoms with Gasteiger partial charge in [0.25, 0.3) is 0 Å². The van der Waals surface area contributed by atoms with E-state index in [0.717, 1.165) is 12.8 Å². The quantitative estimate of drug-likeness (QED) is 0.355. The smallest absolute Gasteiger partial charge is 0.323 e. The third-order valence-electron chi connectivity index (χ3n) is 10.3. The first-order valence-corrected chi connectivity index (χ1v) is 12.8. The van der Waals surface area contributed by atoms with Crippen molar-refractivity contribution in [3.63, 3.8) is 0 Å². The Bertz CT molecular complexity index is 982. The van der Waals surface area contributed by atoms with Crippen LogP contribution in [0.1, 0.15) is 66.2 Å². The average molecular weight is 474 g/mol. The van der Waals surface area contributed by atoms with Crippen molar-refractivity contribution in [2.75, 3.05) is 6.61 Å². The van der Waals surface area contributed by atoms with Gasteiger partial charge < -0.3 is 25.8 Å². The molecule has 0 aromatic carbocycles. The van der Waals surface area contributed by atoms with Crippen molar-refractivity contribution in [2.45, 2.75) is 89.1 Å². The average Bonchev–Trinajstić information content (AvgIpc) is 3.14. The first kappa shape index (κ1) is 24.2.